The van der Waals surface area contributed by atoms with Crippen LogP contribution in [0.3, 0.4) is 0 Å². The largest absolute Gasteiger partial charge is 0.119 e. The molecule has 1 aromatic rings. The quantitative estimate of drug-likeness (QED) is 0.623. The Labute approximate surface area is 75.8 Å². The fourth-order valence-electron chi connectivity index (χ4n) is 0.916. The topological polar surface area (TPSA) is 0 Å². The van der Waals surface area contributed by atoms with Crippen molar-refractivity contribution in [1.82, 2.24) is 0 Å². The zero-order valence-electron chi connectivity index (χ0n) is 6.34. The normalized spacial score (nSPS) is 12.1. The average Bonchev–Trinajstić information content (AvgIpc) is 2.04. The van der Waals surface area contributed by atoms with Crippen molar-refractivity contribution < 1.29 is 0 Å². The Morgan fingerprint density at radius 3 is 2.64 bits per heavy atom. The van der Waals surface area contributed by atoms with Gasteiger partial charge in [0, 0.05) is 10.4 Å². The fourth-order valence-corrected chi connectivity index (χ4v) is 1.54. The minimum atomic E-state index is 0.186. The van der Waals surface area contributed by atoms with Gasteiger partial charge in [0.1, 0.15) is 0 Å². The lowest BCUT2D eigenvalue weighted by Gasteiger charge is -2.05. The molecule has 0 aliphatic rings. The van der Waals surface area contributed by atoms with Crippen LogP contribution >= 0.6 is 15.9 Å². The van der Waals surface area contributed by atoms with Crippen LogP contribution < -0.4 is 0 Å². The average molecular weight is 209 g/mol. The third-order valence-corrected chi connectivity index (χ3v) is 2.34. The summed E-state index contributed by atoms with van der Waals surface area (Å²) in [6, 6.07) is 8.02. The summed E-state index contributed by atoms with van der Waals surface area (Å²) in [5.74, 6) is 2.88. The first-order chi connectivity index (χ1) is 5.25. The first kappa shape index (κ1) is 8.36. The maximum atomic E-state index is 5.30. The Kier molecular flexibility index (Phi) is 2.73. The van der Waals surface area contributed by atoms with E-state index in [1.165, 1.54) is 5.56 Å². The third-order valence-electron chi connectivity index (χ3n) is 1.62. The van der Waals surface area contributed by atoms with Crippen LogP contribution in [0, 0.1) is 12.3 Å². The van der Waals surface area contributed by atoms with E-state index in [1.54, 1.807) is 0 Å². The number of benzene rings is 1. The lowest BCUT2D eigenvalue weighted by Crippen LogP contribution is -1.89. The van der Waals surface area contributed by atoms with Crippen molar-refractivity contribution in [2.24, 2.45) is 0 Å². The molecule has 0 N–H and O–H groups in total. The molecule has 0 nitrogen and oxygen atoms in total. The van der Waals surface area contributed by atoms with Gasteiger partial charge in [0.05, 0.1) is 0 Å². The van der Waals surface area contributed by atoms with Crippen molar-refractivity contribution in [3.05, 3.63) is 34.3 Å². The summed E-state index contributed by atoms with van der Waals surface area (Å²) in [6.07, 6.45) is 5.30. The predicted molar refractivity (Wildman–Crippen MR) is 51.4 cm³/mol. The highest BCUT2D eigenvalue weighted by Gasteiger charge is 2.03. The molecule has 11 heavy (non-hydrogen) atoms. The van der Waals surface area contributed by atoms with Crippen LogP contribution in [0.1, 0.15) is 18.4 Å². The molecule has 56 valence electrons. The molecule has 1 atom stereocenters. The second-order valence-electron chi connectivity index (χ2n) is 2.41. The van der Waals surface area contributed by atoms with E-state index in [1.807, 2.05) is 31.2 Å². The Hall–Kier alpha value is -0.740. The molecular formula is C10H9Br. The van der Waals surface area contributed by atoms with Gasteiger partial charge in [0.2, 0.25) is 0 Å². The molecule has 0 spiro atoms. The summed E-state index contributed by atoms with van der Waals surface area (Å²) < 4.78 is 1.09. The third kappa shape index (κ3) is 1.85. The van der Waals surface area contributed by atoms with Gasteiger partial charge in [-0.05, 0) is 18.6 Å². The van der Waals surface area contributed by atoms with E-state index in [-0.39, 0.29) is 5.92 Å². The molecule has 1 aromatic carbocycles. The predicted octanol–water partition coefficient (Wildman–Crippen LogP) is 3.19. The molecule has 0 aliphatic heterocycles. The van der Waals surface area contributed by atoms with Crippen molar-refractivity contribution in [3.63, 3.8) is 0 Å². The summed E-state index contributed by atoms with van der Waals surface area (Å²) in [7, 11) is 0. The van der Waals surface area contributed by atoms with Crippen LogP contribution in [0.5, 0.6) is 0 Å². The molecule has 0 heterocycles. The standard InChI is InChI=1S/C10H9Br/c1-3-8(2)9-6-4-5-7-10(9)11/h1,4-8H,2H3. The summed E-state index contributed by atoms with van der Waals surface area (Å²) >= 11 is 3.44. The number of rotatable bonds is 1. The van der Waals surface area contributed by atoms with Gasteiger partial charge in [0.25, 0.3) is 0 Å². The minimum Gasteiger partial charge on any atom is -0.119 e. The molecule has 0 saturated heterocycles. The monoisotopic (exact) mass is 208 g/mol. The van der Waals surface area contributed by atoms with Crippen molar-refractivity contribution in [2.75, 3.05) is 0 Å². The van der Waals surface area contributed by atoms with Crippen LogP contribution in [-0.4, -0.2) is 0 Å². The zero-order chi connectivity index (χ0) is 8.27. The molecule has 0 aliphatic carbocycles. The number of halogens is 1. The SMILES string of the molecule is C#CC(C)c1ccccc1Br. The van der Waals surface area contributed by atoms with Gasteiger partial charge in [-0.3, -0.25) is 0 Å². The van der Waals surface area contributed by atoms with Crippen LogP contribution in [-0.2, 0) is 0 Å². The van der Waals surface area contributed by atoms with Crippen molar-refractivity contribution >= 4 is 15.9 Å². The van der Waals surface area contributed by atoms with E-state index in [2.05, 4.69) is 21.9 Å². The van der Waals surface area contributed by atoms with E-state index in [9.17, 15) is 0 Å². The molecule has 0 fully saturated rings. The van der Waals surface area contributed by atoms with E-state index in [0.717, 1.165) is 4.47 Å². The molecule has 0 aromatic heterocycles. The van der Waals surface area contributed by atoms with Crippen molar-refractivity contribution in [2.45, 2.75) is 12.8 Å². The zero-order valence-corrected chi connectivity index (χ0v) is 7.93. The van der Waals surface area contributed by atoms with Crippen molar-refractivity contribution in [1.29, 1.82) is 0 Å². The lowest BCUT2D eigenvalue weighted by atomic mass is 10.0. The number of hydrogen-bond acceptors (Lipinski definition) is 0. The molecule has 0 saturated carbocycles. The highest BCUT2D eigenvalue weighted by molar-refractivity contribution is 9.10. The molecule has 1 heteroatoms. The summed E-state index contributed by atoms with van der Waals surface area (Å²) in [5.41, 5.74) is 1.18. The maximum absolute atomic E-state index is 5.30. The summed E-state index contributed by atoms with van der Waals surface area (Å²) in [4.78, 5) is 0. The molecule has 0 radical (unpaired) electrons. The van der Waals surface area contributed by atoms with Gasteiger partial charge < -0.3 is 0 Å². The van der Waals surface area contributed by atoms with E-state index < -0.39 is 0 Å². The Bertz CT molecular complexity index is 283. The number of terminal acetylenes is 1. The van der Waals surface area contributed by atoms with Crippen molar-refractivity contribution in [3.8, 4) is 12.3 Å². The molecule has 1 rings (SSSR count). The Balaban J connectivity index is 3.05. The highest BCUT2D eigenvalue weighted by Crippen LogP contribution is 2.23. The first-order valence-electron chi connectivity index (χ1n) is 3.46. The molecule has 1 unspecified atom stereocenters. The number of hydrogen-bond donors (Lipinski definition) is 0. The molecule has 0 amide bonds. The van der Waals surface area contributed by atoms with Gasteiger partial charge in [-0.15, -0.1) is 6.42 Å². The lowest BCUT2D eigenvalue weighted by molar-refractivity contribution is 0.997. The minimum absolute atomic E-state index is 0.186. The van der Waals surface area contributed by atoms with Gasteiger partial charge in [0.15, 0.2) is 0 Å². The van der Waals surface area contributed by atoms with Crippen LogP contribution in [0.25, 0.3) is 0 Å². The molecule has 0 bridgehead atoms. The Morgan fingerprint density at radius 2 is 2.09 bits per heavy atom. The Morgan fingerprint density at radius 1 is 1.45 bits per heavy atom. The summed E-state index contributed by atoms with van der Waals surface area (Å²) in [5, 5.41) is 0. The van der Waals surface area contributed by atoms with Gasteiger partial charge in [-0.25, -0.2) is 0 Å². The second-order valence-corrected chi connectivity index (χ2v) is 3.26. The van der Waals surface area contributed by atoms with Crippen LogP contribution in [0.15, 0.2) is 28.7 Å². The van der Waals surface area contributed by atoms with Crippen LogP contribution in [0.4, 0.5) is 0 Å². The molecular weight excluding hydrogens is 200 g/mol. The first-order valence-corrected chi connectivity index (χ1v) is 4.25. The van der Waals surface area contributed by atoms with Crippen LogP contribution in [0.2, 0.25) is 0 Å². The van der Waals surface area contributed by atoms with E-state index in [4.69, 9.17) is 6.42 Å². The van der Waals surface area contributed by atoms with E-state index >= 15 is 0 Å². The smallest absolute Gasteiger partial charge is 0.0432 e. The van der Waals surface area contributed by atoms with E-state index in [0.29, 0.717) is 0 Å². The second kappa shape index (κ2) is 3.59. The summed E-state index contributed by atoms with van der Waals surface area (Å²) in [6.45, 7) is 2.01. The highest BCUT2D eigenvalue weighted by atomic mass is 79.9. The maximum Gasteiger partial charge on any atom is 0.0432 e. The fraction of sp³-hybridized carbons (Fsp3) is 0.200. The van der Waals surface area contributed by atoms with Gasteiger partial charge in [-0.2, -0.15) is 0 Å². The van der Waals surface area contributed by atoms with Gasteiger partial charge >= 0.3 is 0 Å². The van der Waals surface area contributed by atoms with Gasteiger partial charge in [-0.1, -0.05) is 40.0 Å².